The molecule has 2 unspecified atom stereocenters. The van der Waals surface area contributed by atoms with Gasteiger partial charge in [-0.05, 0) is 18.8 Å². The highest BCUT2D eigenvalue weighted by molar-refractivity contribution is 7.11. The Morgan fingerprint density at radius 2 is 2.56 bits per heavy atom. The van der Waals surface area contributed by atoms with E-state index in [2.05, 4.69) is 17.2 Å². The molecule has 0 spiro atoms. The van der Waals surface area contributed by atoms with Crippen LogP contribution in [-0.2, 0) is 6.54 Å². The number of thiazole rings is 1. The highest BCUT2D eigenvalue weighted by Crippen LogP contribution is 2.34. The van der Waals surface area contributed by atoms with Crippen LogP contribution in [0.5, 0.6) is 0 Å². The monoisotopic (exact) mass is 240 g/mol. The lowest BCUT2D eigenvalue weighted by Crippen LogP contribution is -2.17. The fourth-order valence-corrected chi connectivity index (χ4v) is 2.56. The molecule has 16 heavy (non-hydrogen) atoms. The second-order valence-corrected chi connectivity index (χ2v) is 5.08. The molecule has 1 aliphatic rings. The number of hydrogen-bond donors (Lipinski definition) is 2. The van der Waals surface area contributed by atoms with Gasteiger partial charge in [-0.15, -0.1) is 11.3 Å². The van der Waals surface area contributed by atoms with E-state index in [1.54, 1.807) is 0 Å². The van der Waals surface area contributed by atoms with Gasteiger partial charge in [0.05, 0.1) is 5.69 Å². The summed E-state index contributed by atoms with van der Waals surface area (Å²) in [5, 5.41) is 14.1. The third-order valence-corrected chi connectivity index (χ3v) is 3.74. The molecular formula is C11H16N2O2S. The van der Waals surface area contributed by atoms with Crippen LogP contribution in [0.4, 0.5) is 0 Å². The molecule has 88 valence electrons. The first-order valence-corrected chi connectivity index (χ1v) is 6.49. The SMILES string of the molecule is CCCC1CC1NCc1csc(C(=O)O)n1. The van der Waals surface area contributed by atoms with Gasteiger partial charge >= 0.3 is 5.97 Å². The summed E-state index contributed by atoms with van der Waals surface area (Å²) >= 11 is 1.19. The minimum absolute atomic E-state index is 0.178. The Labute approximate surface area is 98.7 Å². The van der Waals surface area contributed by atoms with Gasteiger partial charge in [0.2, 0.25) is 5.01 Å². The zero-order valence-corrected chi connectivity index (χ0v) is 10.1. The maximum Gasteiger partial charge on any atom is 0.365 e. The van der Waals surface area contributed by atoms with E-state index in [4.69, 9.17) is 5.11 Å². The van der Waals surface area contributed by atoms with Crippen LogP contribution >= 0.6 is 11.3 Å². The van der Waals surface area contributed by atoms with Gasteiger partial charge in [0.1, 0.15) is 0 Å². The van der Waals surface area contributed by atoms with Crippen molar-refractivity contribution >= 4 is 17.3 Å². The number of hydrogen-bond acceptors (Lipinski definition) is 4. The Balaban J connectivity index is 1.76. The molecule has 5 heteroatoms. The second-order valence-electron chi connectivity index (χ2n) is 4.22. The molecule has 2 rings (SSSR count). The Kier molecular flexibility index (Phi) is 3.56. The summed E-state index contributed by atoms with van der Waals surface area (Å²) in [6, 6.07) is 0.620. The van der Waals surface area contributed by atoms with Crippen LogP contribution in [0.15, 0.2) is 5.38 Å². The van der Waals surface area contributed by atoms with E-state index in [1.807, 2.05) is 5.38 Å². The predicted molar refractivity (Wildman–Crippen MR) is 62.7 cm³/mol. The lowest BCUT2D eigenvalue weighted by molar-refractivity contribution is 0.0696. The minimum Gasteiger partial charge on any atom is -0.476 e. The first-order valence-electron chi connectivity index (χ1n) is 5.61. The minimum atomic E-state index is -0.938. The average molecular weight is 240 g/mol. The van der Waals surface area contributed by atoms with Crippen molar-refractivity contribution in [3.63, 3.8) is 0 Å². The summed E-state index contributed by atoms with van der Waals surface area (Å²) in [5.41, 5.74) is 0.838. The van der Waals surface area contributed by atoms with Crippen molar-refractivity contribution in [2.75, 3.05) is 0 Å². The van der Waals surface area contributed by atoms with Crippen LogP contribution in [0, 0.1) is 5.92 Å². The Morgan fingerprint density at radius 3 is 3.19 bits per heavy atom. The highest BCUT2D eigenvalue weighted by atomic mass is 32.1. The molecule has 1 saturated carbocycles. The standard InChI is InChI=1S/C11H16N2O2S/c1-2-3-7-4-9(7)12-5-8-6-16-10(13-8)11(14)15/h6-7,9,12H,2-5H2,1H3,(H,14,15). The van der Waals surface area contributed by atoms with E-state index in [0.717, 1.165) is 11.6 Å². The van der Waals surface area contributed by atoms with Crippen molar-refractivity contribution < 1.29 is 9.90 Å². The van der Waals surface area contributed by atoms with E-state index in [-0.39, 0.29) is 5.01 Å². The molecule has 0 aromatic carbocycles. The van der Waals surface area contributed by atoms with Crippen molar-refractivity contribution in [1.82, 2.24) is 10.3 Å². The van der Waals surface area contributed by atoms with Crippen LogP contribution in [0.1, 0.15) is 41.7 Å². The summed E-state index contributed by atoms with van der Waals surface area (Å²) in [4.78, 5) is 14.7. The summed E-state index contributed by atoms with van der Waals surface area (Å²) in [6.07, 6.45) is 3.78. The van der Waals surface area contributed by atoms with Gasteiger partial charge in [0.15, 0.2) is 0 Å². The average Bonchev–Trinajstić information content (AvgIpc) is 2.80. The third-order valence-electron chi connectivity index (χ3n) is 2.86. The molecule has 0 amide bonds. The molecule has 1 aliphatic carbocycles. The molecule has 1 fully saturated rings. The normalized spacial score (nSPS) is 23.3. The predicted octanol–water partition coefficient (Wildman–Crippen LogP) is 2.12. The van der Waals surface area contributed by atoms with Gasteiger partial charge in [-0.25, -0.2) is 9.78 Å². The number of carboxylic acid groups (broad SMARTS) is 1. The van der Waals surface area contributed by atoms with Crippen LogP contribution in [0.3, 0.4) is 0 Å². The van der Waals surface area contributed by atoms with E-state index >= 15 is 0 Å². The maximum absolute atomic E-state index is 10.6. The highest BCUT2D eigenvalue weighted by Gasteiger charge is 2.35. The Hall–Kier alpha value is -0.940. The fraction of sp³-hybridized carbons (Fsp3) is 0.636. The molecule has 1 heterocycles. The second kappa shape index (κ2) is 4.93. The van der Waals surface area contributed by atoms with Crippen molar-refractivity contribution in [1.29, 1.82) is 0 Å². The van der Waals surface area contributed by atoms with Crippen molar-refractivity contribution in [2.24, 2.45) is 5.92 Å². The number of carbonyl (C=O) groups is 1. The van der Waals surface area contributed by atoms with Gasteiger partial charge in [-0.2, -0.15) is 0 Å². The first kappa shape index (κ1) is 11.5. The summed E-state index contributed by atoms with van der Waals surface area (Å²) in [5.74, 6) is -0.117. The van der Waals surface area contributed by atoms with Gasteiger partial charge in [-0.1, -0.05) is 13.3 Å². The smallest absolute Gasteiger partial charge is 0.365 e. The van der Waals surface area contributed by atoms with Crippen LogP contribution in [-0.4, -0.2) is 22.1 Å². The molecule has 0 aliphatic heterocycles. The summed E-state index contributed by atoms with van der Waals surface area (Å²) < 4.78 is 0. The van der Waals surface area contributed by atoms with E-state index in [0.29, 0.717) is 12.6 Å². The Morgan fingerprint density at radius 1 is 1.75 bits per heavy atom. The summed E-state index contributed by atoms with van der Waals surface area (Å²) in [7, 11) is 0. The van der Waals surface area contributed by atoms with E-state index in [9.17, 15) is 4.79 Å². The van der Waals surface area contributed by atoms with Crippen LogP contribution < -0.4 is 5.32 Å². The molecule has 1 aromatic rings. The van der Waals surface area contributed by atoms with Gasteiger partial charge in [-0.3, -0.25) is 0 Å². The summed E-state index contributed by atoms with van der Waals surface area (Å²) in [6.45, 7) is 2.89. The lowest BCUT2D eigenvalue weighted by Gasteiger charge is -2.00. The van der Waals surface area contributed by atoms with Crippen molar-refractivity contribution in [3.05, 3.63) is 16.1 Å². The molecule has 4 nitrogen and oxygen atoms in total. The van der Waals surface area contributed by atoms with E-state index in [1.165, 1.54) is 30.6 Å². The number of aromatic carboxylic acids is 1. The largest absolute Gasteiger partial charge is 0.476 e. The van der Waals surface area contributed by atoms with E-state index < -0.39 is 5.97 Å². The van der Waals surface area contributed by atoms with Crippen molar-refractivity contribution in [2.45, 2.75) is 38.8 Å². The van der Waals surface area contributed by atoms with Crippen molar-refractivity contribution in [3.8, 4) is 0 Å². The zero-order valence-electron chi connectivity index (χ0n) is 9.27. The number of aromatic nitrogens is 1. The molecule has 0 saturated heterocycles. The number of rotatable bonds is 6. The first-order chi connectivity index (χ1) is 7.70. The molecule has 0 radical (unpaired) electrons. The van der Waals surface area contributed by atoms with Crippen LogP contribution in [0.2, 0.25) is 0 Å². The van der Waals surface area contributed by atoms with Gasteiger partial charge in [0.25, 0.3) is 0 Å². The topological polar surface area (TPSA) is 62.2 Å². The quantitative estimate of drug-likeness (QED) is 0.799. The molecule has 2 N–H and O–H groups in total. The number of nitrogens with zero attached hydrogens (tertiary/aromatic N) is 1. The molecule has 1 aromatic heterocycles. The number of carboxylic acids is 1. The number of nitrogens with one attached hydrogen (secondary N) is 1. The molecule has 2 atom stereocenters. The fourth-order valence-electron chi connectivity index (χ4n) is 1.91. The van der Waals surface area contributed by atoms with Crippen LogP contribution in [0.25, 0.3) is 0 Å². The van der Waals surface area contributed by atoms with Gasteiger partial charge in [0, 0.05) is 18.0 Å². The molecular weight excluding hydrogens is 224 g/mol. The Bertz CT molecular complexity index is 378. The third kappa shape index (κ3) is 2.80. The molecule has 0 bridgehead atoms. The maximum atomic E-state index is 10.6. The zero-order chi connectivity index (χ0) is 11.5. The lowest BCUT2D eigenvalue weighted by atomic mass is 10.2. The van der Waals surface area contributed by atoms with Gasteiger partial charge < -0.3 is 10.4 Å².